The monoisotopic (exact) mass is 458 g/mol. The summed E-state index contributed by atoms with van der Waals surface area (Å²) in [5.74, 6) is 2.45. The van der Waals surface area contributed by atoms with Gasteiger partial charge in [-0.2, -0.15) is 0 Å². The number of nitrogens with two attached hydrogens (primary N) is 1. The van der Waals surface area contributed by atoms with Gasteiger partial charge in [-0.25, -0.2) is 9.78 Å². The number of benzene rings is 2. The molecule has 168 valence electrons. The van der Waals surface area contributed by atoms with E-state index in [1.165, 1.54) is 13.3 Å². The summed E-state index contributed by atoms with van der Waals surface area (Å²) in [5, 5.41) is 0.610. The summed E-state index contributed by atoms with van der Waals surface area (Å²) in [4.78, 5) is 18.3. The molecule has 0 spiro atoms. The van der Waals surface area contributed by atoms with Crippen molar-refractivity contribution in [1.82, 2.24) is 9.97 Å². The third-order valence-electron chi connectivity index (χ3n) is 4.92. The van der Waals surface area contributed by atoms with E-state index in [-0.39, 0.29) is 18.1 Å². The summed E-state index contributed by atoms with van der Waals surface area (Å²) in [5.41, 5.74) is 8.42. The predicted octanol–water partition coefficient (Wildman–Crippen LogP) is 0.471. The van der Waals surface area contributed by atoms with Gasteiger partial charge in [-0.05, 0) is 35.9 Å². The fourth-order valence-corrected chi connectivity index (χ4v) is 3.50. The van der Waals surface area contributed by atoms with E-state index in [9.17, 15) is 4.79 Å². The van der Waals surface area contributed by atoms with Gasteiger partial charge in [-0.3, -0.25) is 4.98 Å². The molecule has 0 bridgehead atoms. The van der Waals surface area contributed by atoms with Crippen LogP contribution in [0.2, 0.25) is 0 Å². The van der Waals surface area contributed by atoms with Gasteiger partial charge in [-0.15, -0.1) is 0 Å². The second-order valence-corrected chi connectivity index (χ2v) is 6.61. The van der Waals surface area contributed by atoms with Gasteiger partial charge in [0, 0.05) is 17.3 Å². The van der Waals surface area contributed by atoms with E-state index >= 15 is 0 Å². The molecule has 0 aliphatic heterocycles. The largest absolute Gasteiger partial charge is 1.00 e. The first-order chi connectivity index (χ1) is 15.0. The van der Waals surface area contributed by atoms with E-state index in [0.717, 1.165) is 0 Å². The number of anilines is 1. The zero-order valence-electron chi connectivity index (χ0n) is 17.8. The average Bonchev–Trinajstić information content (AvgIpc) is 3.16. The second-order valence-electron chi connectivity index (χ2n) is 6.61. The molecule has 10 heteroatoms. The molecule has 0 aliphatic carbocycles. The molecule has 3 N–H and O–H groups in total. The maximum absolute atomic E-state index is 11.8. The minimum Gasteiger partial charge on any atom is -1.00 e. The number of nitrogens with zero attached hydrogens (tertiary/aromatic N) is 1. The average molecular weight is 459 g/mol. The number of fused-ring (bicyclic) bond motifs is 1. The van der Waals surface area contributed by atoms with Gasteiger partial charge in [0.25, 0.3) is 0 Å². The topological polar surface area (TPSA) is 122 Å². The maximum atomic E-state index is 11.8. The van der Waals surface area contributed by atoms with Gasteiger partial charge >= 0.3 is 5.69 Å². The number of aromatic amines is 1. The lowest BCUT2D eigenvalue weighted by atomic mass is 9.98. The van der Waals surface area contributed by atoms with Crippen LogP contribution in [0.3, 0.4) is 0 Å². The number of aromatic nitrogens is 2. The Balaban J connectivity index is 0.00000289. The van der Waals surface area contributed by atoms with E-state index in [2.05, 4.69) is 9.97 Å². The summed E-state index contributed by atoms with van der Waals surface area (Å²) >= 11 is 0. The smallest absolute Gasteiger partial charge is 0.347 e. The molecule has 4 rings (SSSR count). The SMILES string of the molecule is COc1ccc(-c2oc3[nH]c(=O)ncc3c2-c2cc(OC)c(OC)c(OC)c2)cc1N.[Cl-]. The number of nitrogens with one attached hydrogen (secondary N) is 1. The predicted molar refractivity (Wildman–Crippen MR) is 116 cm³/mol. The van der Waals surface area contributed by atoms with Crippen molar-refractivity contribution in [3.63, 3.8) is 0 Å². The molecule has 0 fully saturated rings. The van der Waals surface area contributed by atoms with E-state index < -0.39 is 5.69 Å². The molecule has 0 aliphatic rings. The van der Waals surface area contributed by atoms with Gasteiger partial charge in [0.2, 0.25) is 11.5 Å². The van der Waals surface area contributed by atoms with E-state index in [0.29, 0.717) is 56.5 Å². The van der Waals surface area contributed by atoms with Crippen molar-refractivity contribution in [3.8, 4) is 45.4 Å². The van der Waals surface area contributed by atoms with Crippen molar-refractivity contribution >= 4 is 16.8 Å². The Morgan fingerprint density at radius 2 is 1.56 bits per heavy atom. The molecule has 0 amide bonds. The minimum absolute atomic E-state index is 0. The number of hydrogen-bond donors (Lipinski definition) is 2. The Morgan fingerprint density at radius 1 is 0.906 bits per heavy atom. The molecule has 2 aromatic carbocycles. The molecule has 9 nitrogen and oxygen atoms in total. The van der Waals surface area contributed by atoms with Crippen LogP contribution in [0.1, 0.15) is 0 Å². The van der Waals surface area contributed by atoms with Crippen LogP contribution in [0, 0.1) is 0 Å². The summed E-state index contributed by atoms with van der Waals surface area (Å²) in [6.07, 6.45) is 1.46. The third kappa shape index (κ3) is 3.78. The van der Waals surface area contributed by atoms with Crippen molar-refractivity contribution in [1.29, 1.82) is 0 Å². The molecular weight excluding hydrogens is 438 g/mol. The maximum Gasteiger partial charge on any atom is 0.347 e. The van der Waals surface area contributed by atoms with E-state index in [1.54, 1.807) is 45.6 Å². The van der Waals surface area contributed by atoms with Crippen molar-refractivity contribution in [2.45, 2.75) is 0 Å². The first kappa shape index (κ1) is 22.8. The van der Waals surface area contributed by atoms with Crippen LogP contribution in [-0.2, 0) is 0 Å². The number of ether oxygens (including phenoxy) is 4. The first-order valence-corrected chi connectivity index (χ1v) is 9.26. The van der Waals surface area contributed by atoms with Crippen LogP contribution >= 0.6 is 0 Å². The van der Waals surface area contributed by atoms with Gasteiger partial charge < -0.3 is 41.5 Å². The van der Waals surface area contributed by atoms with Crippen LogP contribution in [0.25, 0.3) is 33.6 Å². The van der Waals surface area contributed by atoms with Crippen LogP contribution in [0.15, 0.2) is 45.7 Å². The Hall–Kier alpha value is -3.85. The number of hydrogen-bond acceptors (Lipinski definition) is 8. The number of H-pyrrole nitrogens is 1. The van der Waals surface area contributed by atoms with Crippen molar-refractivity contribution in [3.05, 3.63) is 47.0 Å². The summed E-state index contributed by atoms with van der Waals surface area (Å²) < 4.78 is 27.7. The van der Waals surface area contributed by atoms with Gasteiger partial charge in [0.1, 0.15) is 11.5 Å². The molecule has 0 radical (unpaired) electrons. The number of halogens is 1. The van der Waals surface area contributed by atoms with Crippen LogP contribution in [-0.4, -0.2) is 38.4 Å². The molecule has 0 saturated carbocycles. The zero-order valence-corrected chi connectivity index (χ0v) is 18.6. The summed E-state index contributed by atoms with van der Waals surface area (Å²) in [6, 6.07) is 8.90. The van der Waals surface area contributed by atoms with Crippen molar-refractivity contribution < 1.29 is 35.8 Å². The number of methoxy groups -OCH3 is 4. The quantitative estimate of drug-likeness (QED) is 0.400. The van der Waals surface area contributed by atoms with Crippen LogP contribution in [0.4, 0.5) is 5.69 Å². The zero-order chi connectivity index (χ0) is 22.1. The van der Waals surface area contributed by atoms with E-state index in [1.807, 2.05) is 6.07 Å². The molecule has 0 unspecified atom stereocenters. The van der Waals surface area contributed by atoms with Crippen LogP contribution < -0.4 is 42.8 Å². The Labute approximate surface area is 189 Å². The van der Waals surface area contributed by atoms with Crippen molar-refractivity contribution in [2.75, 3.05) is 34.2 Å². The second kappa shape index (κ2) is 9.11. The molecule has 0 saturated heterocycles. The highest BCUT2D eigenvalue weighted by molar-refractivity contribution is 6.01. The van der Waals surface area contributed by atoms with Gasteiger partial charge in [-0.1, -0.05) is 0 Å². The summed E-state index contributed by atoms with van der Waals surface area (Å²) in [7, 11) is 6.16. The molecule has 4 aromatic rings. The molecule has 32 heavy (non-hydrogen) atoms. The normalized spacial score (nSPS) is 10.5. The molecular formula is C22H21ClN3O6-. The number of rotatable bonds is 6. The number of nitrogen functional groups attached to an aromatic ring is 1. The van der Waals surface area contributed by atoms with Gasteiger partial charge in [0.05, 0.1) is 39.5 Å². The first-order valence-electron chi connectivity index (χ1n) is 9.26. The molecule has 2 heterocycles. The highest BCUT2D eigenvalue weighted by Crippen LogP contribution is 2.46. The Morgan fingerprint density at radius 3 is 2.12 bits per heavy atom. The van der Waals surface area contributed by atoms with Crippen LogP contribution in [0.5, 0.6) is 23.0 Å². The minimum atomic E-state index is -0.515. The lowest BCUT2D eigenvalue weighted by Crippen LogP contribution is -3.00. The van der Waals surface area contributed by atoms with E-state index in [4.69, 9.17) is 29.1 Å². The lowest BCUT2D eigenvalue weighted by molar-refractivity contribution is -0.00000797. The molecule has 0 atom stereocenters. The van der Waals surface area contributed by atoms with Crippen molar-refractivity contribution in [2.24, 2.45) is 0 Å². The Bertz CT molecular complexity index is 1310. The Kier molecular flexibility index (Phi) is 6.50. The number of furan rings is 1. The lowest BCUT2D eigenvalue weighted by Gasteiger charge is -2.14. The third-order valence-corrected chi connectivity index (χ3v) is 4.92. The highest BCUT2D eigenvalue weighted by Gasteiger charge is 2.23. The highest BCUT2D eigenvalue weighted by atomic mass is 35.5. The fraction of sp³-hybridized carbons (Fsp3) is 0.182. The van der Waals surface area contributed by atoms with Gasteiger partial charge in [0.15, 0.2) is 11.5 Å². The summed E-state index contributed by atoms with van der Waals surface area (Å²) in [6.45, 7) is 0. The molecule has 2 aromatic heterocycles. The fourth-order valence-electron chi connectivity index (χ4n) is 3.50. The standard InChI is InChI=1S/C22H21N3O6.ClH/c1-27-15-6-5-11(7-14(15)23)19-18(13-10-24-22(26)25-21(13)31-19)12-8-16(28-2)20(30-4)17(9-12)29-3;/h5-10H,23H2,1-4H3,(H,24,25,26);1H/p-1.